The summed E-state index contributed by atoms with van der Waals surface area (Å²) in [5.41, 5.74) is 2.54. The summed E-state index contributed by atoms with van der Waals surface area (Å²) >= 11 is 0. The topological polar surface area (TPSA) is 21.3 Å². The molecule has 0 amide bonds. The van der Waals surface area contributed by atoms with E-state index in [4.69, 9.17) is 4.74 Å². The number of nitrogens with one attached hydrogen (secondary N) is 1. The summed E-state index contributed by atoms with van der Waals surface area (Å²) < 4.78 is 5.90. The van der Waals surface area contributed by atoms with Crippen LogP contribution in [-0.4, -0.2) is 12.6 Å². The first kappa shape index (κ1) is 15.0. The van der Waals surface area contributed by atoms with E-state index < -0.39 is 0 Å². The van der Waals surface area contributed by atoms with E-state index in [0.29, 0.717) is 12.0 Å². The van der Waals surface area contributed by atoms with E-state index in [1.165, 1.54) is 11.1 Å². The highest BCUT2D eigenvalue weighted by Gasteiger charge is 2.05. The highest BCUT2D eigenvalue weighted by atomic mass is 16.5. The molecule has 0 aliphatic rings. The van der Waals surface area contributed by atoms with Crippen LogP contribution in [-0.2, 0) is 6.54 Å². The van der Waals surface area contributed by atoms with E-state index in [0.717, 1.165) is 25.3 Å². The lowest BCUT2D eigenvalue weighted by Crippen LogP contribution is -2.22. The van der Waals surface area contributed by atoms with Crippen LogP contribution in [0.5, 0.6) is 5.75 Å². The Bertz CT molecular complexity index is 358. The van der Waals surface area contributed by atoms with E-state index in [2.05, 4.69) is 58.1 Å². The van der Waals surface area contributed by atoms with Gasteiger partial charge in [0, 0.05) is 18.2 Å². The van der Waals surface area contributed by atoms with E-state index in [1.54, 1.807) is 0 Å². The summed E-state index contributed by atoms with van der Waals surface area (Å²) in [5.74, 6) is 1.71. The van der Waals surface area contributed by atoms with Gasteiger partial charge in [0.25, 0.3) is 0 Å². The fraction of sp³-hybridized carbons (Fsp3) is 0.625. The molecule has 0 spiro atoms. The highest BCUT2D eigenvalue weighted by Crippen LogP contribution is 2.20. The van der Waals surface area contributed by atoms with Crippen LogP contribution in [0.4, 0.5) is 0 Å². The molecule has 0 aromatic heterocycles. The van der Waals surface area contributed by atoms with Crippen LogP contribution in [0.25, 0.3) is 0 Å². The van der Waals surface area contributed by atoms with Gasteiger partial charge in [-0.1, -0.05) is 45.4 Å². The van der Waals surface area contributed by atoms with Gasteiger partial charge in [-0.2, -0.15) is 0 Å². The second-order valence-corrected chi connectivity index (χ2v) is 5.68. The van der Waals surface area contributed by atoms with Gasteiger partial charge in [0.1, 0.15) is 5.75 Å². The standard InChI is InChI=1S/C16H27NO/c1-12(2)8-9-18-16-7-6-14(5)10-15(16)11-17-13(3)4/h6-7,10,12-13,17H,8-9,11H2,1-5H3. The summed E-state index contributed by atoms with van der Waals surface area (Å²) in [7, 11) is 0. The van der Waals surface area contributed by atoms with Gasteiger partial charge in [0.05, 0.1) is 6.61 Å². The zero-order valence-electron chi connectivity index (χ0n) is 12.4. The van der Waals surface area contributed by atoms with E-state index in [9.17, 15) is 0 Å². The van der Waals surface area contributed by atoms with Gasteiger partial charge in [-0.05, 0) is 25.3 Å². The highest BCUT2D eigenvalue weighted by molar-refractivity contribution is 5.36. The van der Waals surface area contributed by atoms with Crippen molar-refractivity contribution in [2.45, 2.75) is 53.6 Å². The first-order valence-corrected chi connectivity index (χ1v) is 6.94. The lowest BCUT2D eigenvalue weighted by Gasteiger charge is -2.15. The Labute approximate surface area is 112 Å². The molecule has 102 valence electrons. The van der Waals surface area contributed by atoms with Crippen molar-refractivity contribution in [2.24, 2.45) is 5.92 Å². The average Bonchev–Trinajstić information content (AvgIpc) is 2.28. The van der Waals surface area contributed by atoms with Crippen molar-refractivity contribution in [3.05, 3.63) is 29.3 Å². The Morgan fingerprint density at radius 2 is 1.89 bits per heavy atom. The summed E-state index contributed by atoms with van der Waals surface area (Å²) in [6, 6.07) is 6.91. The molecule has 0 radical (unpaired) electrons. The molecule has 1 aromatic rings. The van der Waals surface area contributed by atoms with Crippen LogP contribution < -0.4 is 10.1 Å². The Morgan fingerprint density at radius 3 is 2.50 bits per heavy atom. The van der Waals surface area contributed by atoms with E-state index >= 15 is 0 Å². The normalized spacial score (nSPS) is 11.3. The van der Waals surface area contributed by atoms with Gasteiger partial charge >= 0.3 is 0 Å². The van der Waals surface area contributed by atoms with Crippen LogP contribution >= 0.6 is 0 Å². The molecule has 2 heteroatoms. The Balaban J connectivity index is 2.64. The molecule has 0 unspecified atom stereocenters. The van der Waals surface area contributed by atoms with Crippen molar-refractivity contribution in [2.75, 3.05) is 6.61 Å². The minimum Gasteiger partial charge on any atom is -0.493 e. The molecule has 1 aromatic carbocycles. The molecule has 2 nitrogen and oxygen atoms in total. The van der Waals surface area contributed by atoms with Crippen molar-refractivity contribution in [3.8, 4) is 5.75 Å². The molecular weight excluding hydrogens is 222 g/mol. The molecule has 0 aliphatic carbocycles. The van der Waals surface area contributed by atoms with Crippen LogP contribution in [0, 0.1) is 12.8 Å². The Morgan fingerprint density at radius 1 is 1.17 bits per heavy atom. The maximum absolute atomic E-state index is 5.90. The minimum absolute atomic E-state index is 0.494. The predicted molar refractivity (Wildman–Crippen MR) is 78.1 cm³/mol. The molecule has 0 heterocycles. The summed E-state index contributed by atoms with van der Waals surface area (Å²) in [5, 5.41) is 3.45. The summed E-state index contributed by atoms with van der Waals surface area (Å²) in [4.78, 5) is 0. The third kappa shape index (κ3) is 5.54. The van der Waals surface area contributed by atoms with Gasteiger partial charge in [0.15, 0.2) is 0 Å². The van der Waals surface area contributed by atoms with Crippen molar-refractivity contribution in [1.29, 1.82) is 0 Å². The van der Waals surface area contributed by atoms with Crippen molar-refractivity contribution < 1.29 is 4.74 Å². The maximum Gasteiger partial charge on any atom is 0.123 e. The van der Waals surface area contributed by atoms with Crippen LogP contribution in [0.2, 0.25) is 0 Å². The first-order chi connectivity index (χ1) is 8.49. The van der Waals surface area contributed by atoms with Crippen LogP contribution in [0.15, 0.2) is 18.2 Å². The SMILES string of the molecule is Cc1ccc(OCCC(C)C)c(CNC(C)C)c1. The lowest BCUT2D eigenvalue weighted by molar-refractivity contribution is 0.286. The van der Waals surface area contributed by atoms with E-state index in [-0.39, 0.29) is 0 Å². The second kappa shape index (κ2) is 7.42. The number of ether oxygens (including phenoxy) is 1. The number of hydrogen-bond donors (Lipinski definition) is 1. The van der Waals surface area contributed by atoms with Gasteiger partial charge in [-0.25, -0.2) is 0 Å². The van der Waals surface area contributed by atoms with Gasteiger partial charge in [-0.3, -0.25) is 0 Å². The van der Waals surface area contributed by atoms with Crippen LogP contribution in [0.3, 0.4) is 0 Å². The fourth-order valence-electron chi connectivity index (χ4n) is 1.71. The minimum atomic E-state index is 0.494. The smallest absolute Gasteiger partial charge is 0.123 e. The number of benzene rings is 1. The number of hydrogen-bond acceptors (Lipinski definition) is 2. The third-order valence-corrected chi connectivity index (χ3v) is 2.87. The quantitative estimate of drug-likeness (QED) is 0.791. The zero-order chi connectivity index (χ0) is 13.5. The van der Waals surface area contributed by atoms with Crippen molar-refractivity contribution >= 4 is 0 Å². The largest absolute Gasteiger partial charge is 0.493 e. The Kier molecular flexibility index (Phi) is 6.20. The number of aryl methyl sites for hydroxylation is 1. The van der Waals surface area contributed by atoms with E-state index in [1.807, 2.05) is 0 Å². The summed E-state index contributed by atoms with van der Waals surface area (Å²) in [6.45, 7) is 12.6. The Hall–Kier alpha value is -1.02. The van der Waals surface area contributed by atoms with Crippen molar-refractivity contribution in [1.82, 2.24) is 5.32 Å². The summed E-state index contributed by atoms with van der Waals surface area (Å²) in [6.07, 6.45) is 1.10. The third-order valence-electron chi connectivity index (χ3n) is 2.87. The number of rotatable bonds is 7. The average molecular weight is 249 g/mol. The molecule has 0 saturated carbocycles. The second-order valence-electron chi connectivity index (χ2n) is 5.68. The molecular formula is C16H27NO. The van der Waals surface area contributed by atoms with Gasteiger partial charge in [0.2, 0.25) is 0 Å². The van der Waals surface area contributed by atoms with Crippen molar-refractivity contribution in [3.63, 3.8) is 0 Å². The predicted octanol–water partition coefficient (Wildman–Crippen LogP) is 3.92. The molecule has 1 N–H and O–H groups in total. The zero-order valence-corrected chi connectivity index (χ0v) is 12.4. The lowest BCUT2D eigenvalue weighted by atomic mass is 10.1. The monoisotopic (exact) mass is 249 g/mol. The molecule has 0 saturated heterocycles. The fourth-order valence-corrected chi connectivity index (χ4v) is 1.71. The maximum atomic E-state index is 5.90. The van der Waals surface area contributed by atoms with Gasteiger partial charge in [-0.15, -0.1) is 0 Å². The molecule has 0 aliphatic heterocycles. The van der Waals surface area contributed by atoms with Crippen LogP contribution in [0.1, 0.15) is 45.2 Å². The first-order valence-electron chi connectivity index (χ1n) is 6.94. The molecule has 1 rings (SSSR count). The molecule has 0 fully saturated rings. The molecule has 18 heavy (non-hydrogen) atoms. The molecule has 0 bridgehead atoms. The van der Waals surface area contributed by atoms with Gasteiger partial charge < -0.3 is 10.1 Å². The molecule has 0 atom stereocenters.